The zero-order valence-electron chi connectivity index (χ0n) is 14.1. The van der Waals surface area contributed by atoms with E-state index in [2.05, 4.69) is 5.32 Å². The summed E-state index contributed by atoms with van der Waals surface area (Å²) in [7, 11) is 3.18. The van der Waals surface area contributed by atoms with Gasteiger partial charge in [0.25, 0.3) is 0 Å². The van der Waals surface area contributed by atoms with E-state index in [1.54, 1.807) is 20.3 Å². The highest BCUT2D eigenvalue weighted by Crippen LogP contribution is 2.33. The van der Waals surface area contributed by atoms with E-state index >= 15 is 0 Å². The molecule has 2 aromatic rings. The van der Waals surface area contributed by atoms with E-state index in [1.807, 2.05) is 50.2 Å². The van der Waals surface area contributed by atoms with Crippen molar-refractivity contribution in [3.8, 4) is 11.5 Å². The summed E-state index contributed by atoms with van der Waals surface area (Å²) >= 11 is 0. The maximum atomic E-state index is 12.7. The van der Waals surface area contributed by atoms with Crippen molar-refractivity contribution in [1.29, 1.82) is 0 Å². The van der Waals surface area contributed by atoms with Gasteiger partial charge >= 0.3 is 0 Å². The maximum absolute atomic E-state index is 12.7. The van der Waals surface area contributed by atoms with Crippen LogP contribution in [0.2, 0.25) is 0 Å². The zero-order valence-corrected chi connectivity index (χ0v) is 14.1. The van der Waals surface area contributed by atoms with Gasteiger partial charge in [-0.3, -0.25) is 4.79 Å². The first-order chi connectivity index (χ1) is 11.1. The van der Waals surface area contributed by atoms with Gasteiger partial charge in [0.05, 0.1) is 20.1 Å². The molecule has 1 amide bonds. The third-order valence-corrected chi connectivity index (χ3v) is 3.92. The fourth-order valence-corrected chi connectivity index (χ4v) is 2.59. The molecule has 0 aliphatic rings. The summed E-state index contributed by atoms with van der Waals surface area (Å²) in [6, 6.07) is 13.5. The second-order valence-corrected chi connectivity index (χ2v) is 5.38. The Hall–Kier alpha value is -2.49. The quantitative estimate of drug-likeness (QED) is 0.871. The summed E-state index contributed by atoms with van der Waals surface area (Å²) in [5.74, 6) is 1.05. The third kappa shape index (κ3) is 3.83. The third-order valence-electron chi connectivity index (χ3n) is 3.92. The Kier molecular flexibility index (Phi) is 5.63. The van der Waals surface area contributed by atoms with Gasteiger partial charge in [0.15, 0.2) is 11.5 Å². The van der Waals surface area contributed by atoms with Crippen LogP contribution in [0, 0.1) is 6.92 Å². The van der Waals surface area contributed by atoms with Crippen LogP contribution in [0.1, 0.15) is 30.4 Å². The monoisotopic (exact) mass is 313 g/mol. The first-order valence-electron chi connectivity index (χ1n) is 7.69. The van der Waals surface area contributed by atoms with Crippen LogP contribution in [0.5, 0.6) is 11.5 Å². The Morgan fingerprint density at radius 1 is 1.09 bits per heavy atom. The number of amides is 1. The molecule has 2 rings (SSSR count). The Bertz CT molecular complexity index is 668. The molecule has 0 radical (unpaired) electrons. The normalized spacial score (nSPS) is 11.7. The molecule has 0 unspecified atom stereocenters. The molecule has 0 bridgehead atoms. The molecule has 0 saturated carbocycles. The fraction of sp³-hybridized carbons (Fsp3) is 0.316. The van der Waals surface area contributed by atoms with E-state index in [9.17, 15) is 4.79 Å². The number of nitrogens with one attached hydrogen (secondary N) is 1. The van der Waals surface area contributed by atoms with E-state index < -0.39 is 0 Å². The number of hydrogen-bond donors (Lipinski definition) is 1. The van der Waals surface area contributed by atoms with Crippen LogP contribution < -0.4 is 14.8 Å². The van der Waals surface area contributed by atoms with Crippen molar-refractivity contribution in [2.45, 2.75) is 26.2 Å². The Morgan fingerprint density at radius 2 is 1.70 bits per heavy atom. The lowest BCUT2D eigenvalue weighted by Crippen LogP contribution is -2.21. The van der Waals surface area contributed by atoms with E-state index in [4.69, 9.17) is 9.47 Å². The summed E-state index contributed by atoms with van der Waals surface area (Å²) in [6.07, 6.45) is 0.738. The maximum Gasteiger partial charge on any atom is 0.231 e. The number of carbonyl (C=O) groups is 1. The van der Waals surface area contributed by atoms with Crippen LogP contribution in [0.3, 0.4) is 0 Å². The van der Waals surface area contributed by atoms with Crippen molar-refractivity contribution >= 4 is 11.6 Å². The standard InChI is InChI=1S/C19H23NO3/c1-5-15(14-9-7-6-8-10-14)19(21)20-16-12-18(23-4)17(22-3)11-13(16)2/h6-12,15H,5H2,1-4H3,(H,20,21)/t15-/m0/s1. The Balaban J connectivity index is 2.25. The summed E-state index contributed by atoms with van der Waals surface area (Å²) in [5.41, 5.74) is 2.69. The molecule has 0 heterocycles. The predicted octanol–water partition coefficient (Wildman–Crippen LogP) is 4.14. The number of hydrogen-bond acceptors (Lipinski definition) is 3. The van der Waals surface area contributed by atoms with Gasteiger partial charge in [-0.1, -0.05) is 37.3 Å². The first kappa shape index (κ1) is 16.9. The van der Waals surface area contributed by atoms with Crippen LogP contribution in [0.25, 0.3) is 0 Å². The van der Waals surface area contributed by atoms with Crippen molar-refractivity contribution in [2.75, 3.05) is 19.5 Å². The van der Waals surface area contributed by atoms with Crippen molar-refractivity contribution in [1.82, 2.24) is 0 Å². The van der Waals surface area contributed by atoms with Gasteiger partial charge in [0.2, 0.25) is 5.91 Å². The molecule has 0 aliphatic carbocycles. The minimum absolute atomic E-state index is 0.0194. The van der Waals surface area contributed by atoms with Gasteiger partial charge in [-0.15, -0.1) is 0 Å². The molecule has 122 valence electrons. The largest absolute Gasteiger partial charge is 0.493 e. The minimum Gasteiger partial charge on any atom is -0.493 e. The van der Waals surface area contributed by atoms with Crippen LogP contribution in [-0.2, 0) is 4.79 Å². The second-order valence-electron chi connectivity index (χ2n) is 5.38. The number of carbonyl (C=O) groups excluding carboxylic acids is 1. The van der Waals surface area contributed by atoms with E-state index in [1.165, 1.54) is 0 Å². The lowest BCUT2D eigenvalue weighted by atomic mass is 9.95. The number of aryl methyl sites for hydroxylation is 1. The van der Waals surface area contributed by atoms with Crippen molar-refractivity contribution in [3.05, 3.63) is 53.6 Å². The number of benzene rings is 2. The lowest BCUT2D eigenvalue weighted by Gasteiger charge is -2.18. The SMILES string of the molecule is CC[C@H](C(=O)Nc1cc(OC)c(OC)cc1C)c1ccccc1. The second kappa shape index (κ2) is 7.68. The molecule has 0 spiro atoms. The predicted molar refractivity (Wildman–Crippen MR) is 92.4 cm³/mol. The number of rotatable bonds is 6. The zero-order chi connectivity index (χ0) is 16.8. The van der Waals surface area contributed by atoms with Gasteiger partial charge < -0.3 is 14.8 Å². The van der Waals surface area contributed by atoms with Gasteiger partial charge in [-0.05, 0) is 30.5 Å². The molecule has 1 atom stereocenters. The molecule has 2 aromatic carbocycles. The summed E-state index contributed by atoms with van der Waals surface area (Å²) in [4.78, 5) is 12.7. The molecule has 4 nitrogen and oxygen atoms in total. The van der Waals surface area contributed by atoms with Crippen molar-refractivity contribution in [3.63, 3.8) is 0 Å². The summed E-state index contributed by atoms with van der Waals surface area (Å²) in [5, 5.41) is 3.01. The Labute approximate surface area is 137 Å². The molecule has 0 aliphatic heterocycles. The summed E-state index contributed by atoms with van der Waals surface area (Å²) in [6.45, 7) is 3.94. The van der Waals surface area contributed by atoms with Crippen LogP contribution in [0.15, 0.2) is 42.5 Å². The average molecular weight is 313 g/mol. The highest BCUT2D eigenvalue weighted by Gasteiger charge is 2.20. The molecular formula is C19H23NO3. The van der Waals surface area contributed by atoms with Gasteiger partial charge in [0.1, 0.15) is 0 Å². The first-order valence-corrected chi connectivity index (χ1v) is 7.69. The van der Waals surface area contributed by atoms with Crippen LogP contribution in [-0.4, -0.2) is 20.1 Å². The Morgan fingerprint density at radius 3 is 2.26 bits per heavy atom. The average Bonchev–Trinajstić information content (AvgIpc) is 2.58. The topological polar surface area (TPSA) is 47.6 Å². The lowest BCUT2D eigenvalue weighted by molar-refractivity contribution is -0.117. The van der Waals surface area contributed by atoms with Crippen molar-refractivity contribution in [2.24, 2.45) is 0 Å². The number of methoxy groups -OCH3 is 2. The van der Waals surface area contributed by atoms with E-state index in [0.717, 1.165) is 23.2 Å². The highest BCUT2D eigenvalue weighted by atomic mass is 16.5. The molecule has 0 aromatic heterocycles. The van der Waals surface area contributed by atoms with Crippen molar-refractivity contribution < 1.29 is 14.3 Å². The van der Waals surface area contributed by atoms with Gasteiger partial charge in [0, 0.05) is 11.8 Å². The molecule has 1 N–H and O–H groups in total. The smallest absolute Gasteiger partial charge is 0.231 e. The summed E-state index contributed by atoms with van der Waals surface area (Å²) < 4.78 is 10.6. The fourth-order valence-electron chi connectivity index (χ4n) is 2.59. The molecule has 4 heteroatoms. The van der Waals surface area contributed by atoms with Gasteiger partial charge in [-0.2, -0.15) is 0 Å². The minimum atomic E-state index is -0.177. The van der Waals surface area contributed by atoms with E-state index in [0.29, 0.717) is 11.5 Å². The van der Waals surface area contributed by atoms with E-state index in [-0.39, 0.29) is 11.8 Å². The molecule has 0 saturated heterocycles. The van der Waals surface area contributed by atoms with Crippen LogP contribution >= 0.6 is 0 Å². The van der Waals surface area contributed by atoms with Gasteiger partial charge in [-0.25, -0.2) is 0 Å². The van der Waals surface area contributed by atoms with Crippen LogP contribution in [0.4, 0.5) is 5.69 Å². The number of anilines is 1. The number of ether oxygens (including phenoxy) is 2. The molecular weight excluding hydrogens is 290 g/mol. The highest BCUT2D eigenvalue weighted by molar-refractivity contribution is 5.96. The molecule has 23 heavy (non-hydrogen) atoms. The molecule has 0 fully saturated rings.